The number of ether oxygens (including phenoxy) is 1. The van der Waals surface area contributed by atoms with Crippen molar-refractivity contribution in [3.05, 3.63) is 40.4 Å². The number of nitrogens with zero attached hydrogens (tertiary/aromatic N) is 1. The molecule has 3 rings (SSSR count). The van der Waals surface area contributed by atoms with Crippen LogP contribution in [0.15, 0.2) is 29.2 Å². The number of anilines is 1. The number of aromatic nitrogens is 1. The molecule has 5 N–H and O–H groups in total. The van der Waals surface area contributed by atoms with Crippen LogP contribution < -0.4 is 21.1 Å². The largest absolute Gasteiger partial charge is 0.376 e. The monoisotopic (exact) mass is 453 g/mol. The molecular formula is C18H23N5O5S2. The quantitative estimate of drug-likeness (QED) is 0.475. The summed E-state index contributed by atoms with van der Waals surface area (Å²) < 4.78 is 28.2. The number of hydrogen-bond acceptors (Lipinski definition) is 8. The fraction of sp³-hybridized carbons (Fsp3) is 0.389. The van der Waals surface area contributed by atoms with Crippen molar-refractivity contribution in [2.45, 2.75) is 24.3 Å². The van der Waals surface area contributed by atoms with Crippen LogP contribution in [0.2, 0.25) is 0 Å². The highest BCUT2D eigenvalue weighted by molar-refractivity contribution is 7.89. The normalized spacial score (nSPS) is 16.8. The molecule has 0 aliphatic carbocycles. The van der Waals surface area contributed by atoms with E-state index in [2.05, 4.69) is 20.9 Å². The van der Waals surface area contributed by atoms with Gasteiger partial charge in [0.15, 0.2) is 5.13 Å². The first-order chi connectivity index (χ1) is 14.2. The van der Waals surface area contributed by atoms with E-state index in [0.29, 0.717) is 30.1 Å². The molecule has 162 valence electrons. The SMILES string of the molecule is Cc1nc(NC(=O)c2ccc(S(N)(=O)=O)cc2)sc1C(=O)NCCC1CNCCO1. The fourth-order valence-corrected chi connectivity index (χ4v) is 4.25. The summed E-state index contributed by atoms with van der Waals surface area (Å²) in [5.74, 6) is -0.731. The van der Waals surface area contributed by atoms with E-state index < -0.39 is 15.9 Å². The van der Waals surface area contributed by atoms with Gasteiger partial charge in [0, 0.05) is 25.2 Å². The number of morpholine rings is 1. The number of benzene rings is 1. The van der Waals surface area contributed by atoms with Gasteiger partial charge in [-0.1, -0.05) is 11.3 Å². The second-order valence-electron chi connectivity index (χ2n) is 6.70. The number of nitrogens with two attached hydrogens (primary N) is 1. The zero-order valence-corrected chi connectivity index (χ0v) is 17.9. The van der Waals surface area contributed by atoms with Crippen LogP contribution in [-0.4, -0.2) is 57.6 Å². The Bertz CT molecular complexity index is 1010. The molecule has 2 aromatic rings. The third-order valence-electron chi connectivity index (χ3n) is 4.42. The van der Waals surface area contributed by atoms with Gasteiger partial charge in [0.05, 0.1) is 23.3 Å². The summed E-state index contributed by atoms with van der Waals surface area (Å²) in [6, 6.07) is 5.21. The minimum Gasteiger partial charge on any atom is -0.376 e. The van der Waals surface area contributed by atoms with E-state index in [1.165, 1.54) is 24.3 Å². The molecule has 30 heavy (non-hydrogen) atoms. The summed E-state index contributed by atoms with van der Waals surface area (Å²) in [5.41, 5.74) is 0.746. The lowest BCUT2D eigenvalue weighted by Crippen LogP contribution is -2.40. The van der Waals surface area contributed by atoms with Gasteiger partial charge in [0.25, 0.3) is 11.8 Å². The van der Waals surface area contributed by atoms with Crippen molar-refractivity contribution in [2.75, 3.05) is 31.6 Å². The molecule has 0 saturated carbocycles. The maximum absolute atomic E-state index is 12.4. The molecule has 1 fully saturated rings. The Balaban J connectivity index is 1.57. The first-order valence-corrected chi connectivity index (χ1v) is 11.6. The number of hydrogen-bond donors (Lipinski definition) is 4. The van der Waals surface area contributed by atoms with Crippen LogP contribution in [0.1, 0.15) is 32.1 Å². The van der Waals surface area contributed by atoms with Crippen LogP contribution in [0, 0.1) is 6.92 Å². The number of carbonyl (C=O) groups is 2. The van der Waals surface area contributed by atoms with Gasteiger partial charge >= 0.3 is 0 Å². The number of primary sulfonamides is 1. The molecule has 1 aromatic carbocycles. The molecule has 1 aliphatic rings. The molecular weight excluding hydrogens is 430 g/mol. The van der Waals surface area contributed by atoms with Crippen LogP contribution >= 0.6 is 11.3 Å². The van der Waals surface area contributed by atoms with Gasteiger partial charge in [-0.2, -0.15) is 0 Å². The van der Waals surface area contributed by atoms with Gasteiger partial charge in [-0.3, -0.25) is 14.9 Å². The van der Waals surface area contributed by atoms with Crippen molar-refractivity contribution < 1.29 is 22.7 Å². The van der Waals surface area contributed by atoms with Crippen molar-refractivity contribution in [3.63, 3.8) is 0 Å². The van der Waals surface area contributed by atoms with Crippen LogP contribution in [0.5, 0.6) is 0 Å². The third kappa shape index (κ3) is 5.83. The minimum absolute atomic E-state index is 0.0807. The van der Waals surface area contributed by atoms with E-state index >= 15 is 0 Å². The first-order valence-electron chi connectivity index (χ1n) is 9.26. The molecule has 10 nitrogen and oxygen atoms in total. The van der Waals surface area contributed by atoms with E-state index in [4.69, 9.17) is 9.88 Å². The Labute approximate surface area is 178 Å². The topological polar surface area (TPSA) is 153 Å². The number of amides is 2. The van der Waals surface area contributed by atoms with Crippen molar-refractivity contribution in [1.82, 2.24) is 15.6 Å². The summed E-state index contributed by atoms with van der Waals surface area (Å²) in [7, 11) is -3.83. The molecule has 1 unspecified atom stereocenters. The number of rotatable bonds is 7. The number of nitrogens with one attached hydrogen (secondary N) is 3. The predicted octanol–water partition coefficient (Wildman–Crippen LogP) is 0.460. The maximum atomic E-state index is 12.4. The van der Waals surface area contributed by atoms with Crippen LogP contribution in [-0.2, 0) is 14.8 Å². The highest BCUT2D eigenvalue weighted by atomic mass is 32.2. The van der Waals surface area contributed by atoms with Crippen LogP contribution in [0.4, 0.5) is 5.13 Å². The first kappa shape index (κ1) is 22.3. The number of aryl methyl sites for hydroxylation is 1. The Morgan fingerprint density at radius 2 is 2.03 bits per heavy atom. The highest BCUT2D eigenvalue weighted by Crippen LogP contribution is 2.23. The summed E-state index contributed by atoms with van der Waals surface area (Å²) in [6.45, 7) is 4.44. The zero-order valence-electron chi connectivity index (χ0n) is 16.3. The molecule has 2 heterocycles. The number of sulfonamides is 1. The van der Waals surface area contributed by atoms with Gasteiger partial charge in [-0.15, -0.1) is 0 Å². The molecule has 12 heteroatoms. The van der Waals surface area contributed by atoms with Crippen molar-refractivity contribution in [3.8, 4) is 0 Å². The predicted molar refractivity (Wildman–Crippen MR) is 112 cm³/mol. The fourth-order valence-electron chi connectivity index (χ4n) is 2.86. The second kappa shape index (κ2) is 9.62. The highest BCUT2D eigenvalue weighted by Gasteiger charge is 2.19. The molecule has 1 aliphatic heterocycles. The van der Waals surface area contributed by atoms with Crippen molar-refractivity contribution in [2.24, 2.45) is 5.14 Å². The second-order valence-corrected chi connectivity index (χ2v) is 9.26. The Morgan fingerprint density at radius 3 is 2.67 bits per heavy atom. The van der Waals surface area contributed by atoms with Crippen molar-refractivity contribution in [1.29, 1.82) is 0 Å². The lowest BCUT2D eigenvalue weighted by atomic mass is 10.2. The Morgan fingerprint density at radius 1 is 1.30 bits per heavy atom. The van der Waals surface area contributed by atoms with E-state index in [1.807, 2.05) is 0 Å². The van der Waals surface area contributed by atoms with E-state index in [1.54, 1.807) is 6.92 Å². The Hall–Kier alpha value is -2.38. The van der Waals surface area contributed by atoms with Crippen molar-refractivity contribution >= 4 is 38.3 Å². The number of carbonyl (C=O) groups excluding carboxylic acids is 2. The lowest BCUT2D eigenvalue weighted by Gasteiger charge is -2.23. The van der Waals surface area contributed by atoms with E-state index in [0.717, 1.165) is 24.4 Å². The van der Waals surface area contributed by atoms with Gasteiger partial charge in [-0.25, -0.2) is 18.5 Å². The molecule has 1 atom stereocenters. The average Bonchev–Trinajstić information content (AvgIpc) is 3.08. The molecule has 0 radical (unpaired) electrons. The molecule has 1 aromatic heterocycles. The van der Waals surface area contributed by atoms with Gasteiger partial charge < -0.3 is 15.4 Å². The standard InChI is InChI=1S/C18H23N5O5S2/c1-11-15(17(25)21-7-6-13-10-20-8-9-28-13)29-18(22-11)23-16(24)12-2-4-14(5-3-12)30(19,26)27/h2-5,13,20H,6-10H2,1H3,(H,21,25)(H2,19,26,27)(H,22,23,24). The lowest BCUT2D eigenvalue weighted by molar-refractivity contribution is 0.0239. The molecule has 1 saturated heterocycles. The van der Waals surface area contributed by atoms with E-state index in [9.17, 15) is 18.0 Å². The zero-order chi connectivity index (χ0) is 21.7. The maximum Gasteiger partial charge on any atom is 0.263 e. The molecule has 0 spiro atoms. The van der Waals surface area contributed by atoms with Gasteiger partial charge in [0.1, 0.15) is 4.88 Å². The van der Waals surface area contributed by atoms with E-state index in [-0.39, 0.29) is 27.6 Å². The molecule has 2 amide bonds. The third-order valence-corrected chi connectivity index (χ3v) is 6.43. The van der Waals surface area contributed by atoms with Crippen LogP contribution in [0.25, 0.3) is 0 Å². The Kier molecular flexibility index (Phi) is 7.15. The van der Waals surface area contributed by atoms with Crippen LogP contribution in [0.3, 0.4) is 0 Å². The summed E-state index contributed by atoms with van der Waals surface area (Å²) in [4.78, 5) is 29.4. The summed E-state index contributed by atoms with van der Waals surface area (Å²) in [5, 5.41) is 14.0. The number of thiazole rings is 1. The summed E-state index contributed by atoms with van der Waals surface area (Å²) >= 11 is 1.07. The minimum atomic E-state index is -3.83. The summed E-state index contributed by atoms with van der Waals surface area (Å²) in [6.07, 6.45) is 0.784. The smallest absolute Gasteiger partial charge is 0.263 e. The molecule has 0 bridgehead atoms. The van der Waals surface area contributed by atoms with Gasteiger partial charge in [0.2, 0.25) is 10.0 Å². The van der Waals surface area contributed by atoms with Gasteiger partial charge in [-0.05, 0) is 37.6 Å². The average molecular weight is 454 g/mol.